The van der Waals surface area contributed by atoms with E-state index in [4.69, 9.17) is 0 Å². The van der Waals surface area contributed by atoms with Crippen molar-refractivity contribution in [3.8, 4) is 0 Å². The molecule has 0 saturated heterocycles. The first-order valence-electron chi connectivity index (χ1n) is 7.42. The minimum Gasteiger partial charge on any atom is -0.348 e. The quantitative estimate of drug-likeness (QED) is 0.759. The number of rotatable bonds is 7. The highest BCUT2D eigenvalue weighted by atomic mass is 19.1. The number of carbonyl (C=O) groups is 2. The van der Waals surface area contributed by atoms with Gasteiger partial charge >= 0.3 is 11.8 Å². The van der Waals surface area contributed by atoms with Crippen molar-refractivity contribution in [3.63, 3.8) is 0 Å². The van der Waals surface area contributed by atoms with Gasteiger partial charge in [-0.05, 0) is 24.5 Å². The Hall–Kier alpha value is -1.91. The maximum absolute atomic E-state index is 13.4. The molecule has 4 nitrogen and oxygen atoms in total. The molecule has 116 valence electrons. The molecule has 5 heteroatoms. The molecule has 1 atom stereocenters. The molecular formula is C16H23FN2O2. The van der Waals surface area contributed by atoms with Gasteiger partial charge in [-0.3, -0.25) is 9.59 Å². The van der Waals surface area contributed by atoms with Gasteiger partial charge in [-0.1, -0.05) is 45.2 Å². The van der Waals surface area contributed by atoms with Crippen LogP contribution in [-0.4, -0.2) is 18.4 Å². The van der Waals surface area contributed by atoms with Crippen LogP contribution in [0.15, 0.2) is 24.3 Å². The van der Waals surface area contributed by atoms with E-state index in [9.17, 15) is 14.0 Å². The molecule has 0 spiro atoms. The Morgan fingerprint density at radius 3 is 2.52 bits per heavy atom. The molecule has 0 aliphatic carbocycles. The average molecular weight is 294 g/mol. The maximum Gasteiger partial charge on any atom is 0.313 e. The summed E-state index contributed by atoms with van der Waals surface area (Å²) < 4.78 is 13.4. The lowest BCUT2D eigenvalue weighted by Crippen LogP contribution is -2.38. The smallest absolute Gasteiger partial charge is 0.313 e. The van der Waals surface area contributed by atoms with Crippen LogP contribution in [0.2, 0.25) is 0 Å². The minimum absolute atomic E-state index is 0.00988. The van der Waals surface area contributed by atoms with Crippen LogP contribution in [0, 0.1) is 11.7 Å². The molecular weight excluding hydrogens is 271 g/mol. The van der Waals surface area contributed by atoms with Crippen LogP contribution in [0.4, 0.5) is 10.1 Å². The zero-order valence-corrected chi connectivity index (χ0v) is 12.6. The molecule has 1 aromatic carbocycles. The average Bonchev–Trinajstić information content (AvgIpc) is 2.49. The number of amides is 2. The van der Waals surface area contributed by atoms with Crippen LogP contribution in [0.3, 0.4) is 0 Å². The molecule has 1 rings (SSSR count). The first-order chi connectivity index (χ1) is 10.1. The summed E-state index contributed by atoms with van der Waals surface area (Å²) in [5, 5.41) is 4.88. The Labute approximate surface area is 125 Å². The van der Waals surface area contributed by atoms with Gasteiger partial charge in [0.05, 0.1) is 5.69 Å². The van der Waals surface area contributed by atoms with Crippen molar-refractivity contribution in [2.75, 3.05) is 11.9 Å². The van der Waals surface area contributed by atoms with Gasteiger partial charge in [0.25, 0.3) is 0 Å². The Bertz CT molecular complexity index is 477. The molecule has 0 aliphatic rings. The summed E-state index contributed by atoms with van der Waals surface area (Å²) in [6.45, 7) is 4.65. The summed E-state index contributed by atoms with van der Waals surface area (Å²) in [4.78, 5) is 23.4. The Kier molecular flexibility index (Phi) is 7.43. The molecule has 1 unspecified atom stereocenters. The van der Waals surface area contributed by atoms with E-state index in [0.717, 1.165) is 25.7 Å². The largest absolute Gasteiger partial charge is 0.348 e. The highest BCUT2D eigenvalue weighted by Crippen LogP contribution is 2.13. The van der Waals surface area contributed by atoms with Crippen molar-refractivity contribution in [3.05, 3.63) is 30.1 Å². The van der Waals surface area contributed by atoms with Crippen molar-refractivity contribution in [1.29, 1.82) is 0 Å². The lowest BCUT2D eigenvalue weighted by atomic mass is 9.99. The summed E-state index contributed by atoms with van der Waals surface area (Å²) in [5.41, 5.74) is 0.00988. The fraction of sp³-hybridized carbons (Fsp3) is 0.500. The van der Waals surface area contributed by atoms with E-state index in [0.29, 0.717) is 12.5 Å². The molecule has 2 amide bonds. The van der Waals surface area contributed by atoms with Crippen molar-refractivity contribution >= 4 is 17.5 Å². The third-order valence-electron chi connectivity index (χ3n) is 3.42. The van der Waals surface area contributed by atoms with E-state index in [1.807, 2.05) is 0 Å². The number of nitrogens with one attached hydrogen (secondary N) is 2. The topological polar surface area (TPSA) is 58.2 Å². The van der Waals surface area contributed by atoms with E-state index in [-0.39, 0.29) is 5.69 Å². The number of benzene rings is 1. The van der Waals surface area contributed by atoms with Crippen LogP contribution >= 0.6 is 0 Å². The zero-order valence-electron chi connectivity index (χ0n) is 12.6. The molecule has 0 fully saturated rings. The highest BCUT2D eigenvalue weighted by molar-refractivity contribution is 6.39. The van der Waals surface area contributed by atoms with Crippen molar-refractivity contribution in [1.82, 2.24) is 5.32 Å². The van der Waals surface area contributed by atoms with E-state index in [1.165, 1.54) is 18.2 Å². The fourth-order valence-corrected chi connectivity index (χ4v) is 2.00. The van der Waals surface area contributed by atoms with Gasteiger partial charge in [0.15, 0.2) is 0 Å². The highest BCUT2D eigenvalue weighted by Gasteiger charge is 2.16. The molecule has 0 aromatic heterocycles. The van der Waals surface area contributed by atoms with Gasteiger partial charge in [0, 0.05) is 6.54 Å². The molecule has 21 heavy (non-hydrogen) atoms. The number of hydrogen-bond donors (Lipinski definition) is 2. The van der Waals surface area contributed by atoms with Gasteiger partial charge in [-0.25, -0.2) is 4.39 Å². The third-order valence-corrected chi connectivity index (χ3v) is 3.42. The van der Waals surface area contributed by atoms with Crippen molar-refractivity contribution < 1.29 is 14.0 Å². The Morgan fingerprint density at radius 2 is 1.90 bits per heavy atom. The second kappa shape index (κ2) is 9.10. The maximum atomic E-state index is 13.4. The normalized spacial score (nSPS) is 11.8. The Balaban J connectivity index is 2.44. The standard InChI is InChI=1S/C16H23FN2O2/c1-3-5-8-12(4-2)11-18-15(20)16(21)19-14-10-7-6-9-13(14)17/h6-7,9-10,12H,3-5,8,11H2,1-2H3,(H,18,20)(H,19,21). The van der Waals surface area contributed by atoms with Crippen molar-refractivity contribution in [2.24, 2.45) is 5.92 Å². The monoisotopic (exact) mass is 294 g/mol. The number of carbonyl (C=O) groups excluding carboxylic acids is 2. The second-order valence-electron chi connectivity index (χ2n) is 5.06. The van der Waals surface area contributed by atoms with E-state index >= 15 is 0 Å². The van der Waals surface area contributed by atoms with Crippen LogP contribution < -0.4 is 10.6 Å². The van der Waals surface area contributed by atoms with E-state index in [1.54, 1.807) is 6.07 Å². The number of hydrogen-bond acceptors (Lipinski definition) is 2. The summed E-state index contributed by atoms with van der Waals surface area (Å²) in [5.74, 6) is -1.76. The fourth-order valence-electron chi connectivity index (χ4n) is 2.00. The van der Waals surface area contributed by atoms with Gasteiger partial charge in [-0.2, -0.15) is 0 Å². The van der Waals surface area contributed by atoms with Crippen LogP contribution in [0.5, 0.6) is 0 Å². The lowest BCUT2D eigenvalue weighted by Gasteiger charge is -2.15. The van der Waals surface area contributed by atoms with Crippen LogP contribution in [0.25, 0.3) is 0 Å². The SMILES string of the molecule is CCCCC(CC)CNC(=O)C(=O)Nc1ccccc1F. The molecule has 0 aliphatic heterocycles. The molecule has 1 aromatic rings. The molecule has 2 N–H and O–H groups in total. The van der Waals surface area contributed by atoms with E-state index in [2.05, 4.69) is 24.5 Å². The summed E-state index contributed by atoms with van der Waals surface area (Å²) in [7, 11) is 0. The molecule has 0 radical (unpaired) electrons. The van der Waals surface area contributed by atoms with Crippen LogP contribution in [0.1, 0.15) is 39.5 Å². The third kappa shape index (κ3) is 5.94. The predicted octanol–water partition coefficient (Wildman–Crippen LogP) is 3.10. The second-order valence-corrected chi connectivity index (χ2v) is 5.06. The van der Waals surface area contributed by atoms with Gasteiger partial charge in [-0.15, -0.1) is 0 Å². The number of para-hydroxylation sites is 1. The summed E-state index contributed by atoms with van der Waals surface area (Å²) in [6.07, 6.45) is 4.20. The first-order valence-corrected chi connectivity index (χ1v) is 7.42. The Morgan fingerprint density at radius 1 is 1.19 bits per heavy atom. The van der Waals surface area contributed by atoms with E-state index < -0.39 is 17.6 Å². The van der Waals surface area contributed by atoms with Crippen molar-refractivity contribution in [2.45, 2.75) is 39.5 Å². The molecule has 0 saturated carbocycles. The lowest BCUT2D eigenvalue weighted by molar-refractivity contribution is -0.136. The zero-order chi connectivity index (χ0) is 15.7. The first kappa shape index (κ1) is 17.1. The number of anilines is 1. The number of halogens is 1. The van der Waals surface area contributed by atoms with Gasteiger partial charge in [0.1, 0.15) is 5.82 Å². The van der Waals surface area contributed by atoms with Crippen LogP contribution in [-0.2, 0) is 9.59 Å². The minimum atomic E-state index is -0.842. The molecule has 0 bridgehead atoms. The molecule has 0 heterocycles. The summed E-state index contributed by atoms with van der Waals surface area (Å²) >= 11 is 0. The number of unbranched alkanes of at least 4 members (excludes halogenated alkanes) is 1. The predicted molar refractivity (Wildman–Crippen MR) is 81.3 cm³/mol. The van der Waals surface area contributed by atoms with Gasteiger partial charge in [0.2, 0.25) is 0 Å². The van der Waals surface area contributed by atoms with Gasteiger partial charge < -0.3 is 10.6 Å². The summed E-state index contributed by atoms with van der Waals surface area (Å²) in [6, 6.07) is 5.75.